The van der Waals surface area contributed by atoms with Crippen molar-refractivity contribution in [3.05, 3.63) is 0 Å². The molecule has 0 aliphatic rings. The van der Waals surface area contributed by atoms with Crippen molar-refractivity contribution in [1.82, 2.24) is 5.32 Å². The molecule has 0 aromatic heterocycles. The second-order valence-electron chi connectivity index (χ2n) is 12.5. The second kappa shape index (κ2) is 21.7. The molecule has 0 aromatic carbocycles. The van der Waals surface area contributed by atoms with Crippen LogP contribution in [0, 0.1) is 0 Å². The average Bonchev–Trinajstić information content (AvgIpc) is 2.75. The Labute approximate surface area is 215 Å². The summed E-state index contributed by atoms with van der Waals surface area (Å²) in [7, 11) is 11.2. The summed E-state index contributed by atoms with van der Waals surface area (Å²) >= 11 is 0. The average molecular weight is 484 g/mol. The van der Waals surface area contributed by atoms with Gasteiger partial charge in [0.1, 0.15) is 0 Å². The first kappa shape index (κ1) is 33.4. The highest BCUT2D eigenvalue weighted by atomic mass is 16.1. The van der Waals surface area contributed by atoms with Gasteiger partial charge >= 0.3 is 0 Å². The summed E-state index contributed by atoms with van der Waals surface area (Å²) in [5, 5.41) is 3.09. The van der Waals surface area contributed by atoms with Crippen LogP contribution in [0.2, 0.25) is 0 Å². The summed E-state index contributed by atoms with van der Waals surface area (Å²) in [5.74, 6) is 0.226. The van der Waals surface area contributed by atoms with Gasteiger partial charge in [0.05, 0.1) is 54.9 Å². The molecule has 1 amide bonds. The van der Waals surface area contributed by atoms with Crippen LogP contribution in [0.25, 0.3) is 0 Å². The van der Waals surface area contributed by atoms with Crippen LogP contribution in [0.15, 0.2) is 0 Å². The highest BCUT2D eigenvalue weighted by Crippen LogP contribution is 2.14. The molecular formula is C30H65N3O+2. The van der Waals surface area contributed by atoms with Crippen LogP contribution in [0.3, 0.4) is 0 Å². The molecule has 0 fully saturated rings. The minimum atomic E-state index is 0.226. The van der Waals surface area contributed by atoms with Gasteiger partial charge in [0.2, 0.25) is 5.91 Å². The minimum absolute atomic E-state index is 0.226. The van der Waals surface area contributed by atoms with Gasteiger partial charge in [0, 0.05) is 25.8 Å². The molecule has 34 heavy (non-hydrogen) atoms. The molecular weight excluding hydrogens is 418 g/mol. The fourth-order valence-electron chi connectivity index (χ4n) is 4.74. The Balaban J connectivity index is 3.43. The molecule has 0 atom stereocenters. The quantitative estimate of drug-likeness (QED) is 0.107. The third kappa shape index (κ3) is 26.0. The molecule has 0 bridgehead atoms. The lowest BCUT2D eigenvalue weighted by Gasteiger charge is -2.29. The monoisotopic (exact) mass is 484 g/mol. The minimum Gasteiger partial charge on any atom is -0.356 e. The van der Waals surface area contributed by atoms with Gasteiger partial charge in [0.25, 0.3) is 0 Å². The number of carbonyl (C=O) groups is 1. The number of nitrogens with zero attached hydrogens (tertiary/aromatic N) is 2. The number of quaternary nitrogens is 2. The first-order valence-corrected chi connectivity index (χ1v) is 15.1. The summed E-state index contributed by atoms with van der Waals surface area (Å²) in [4.78, 5) is 12.0. The normalized spacial score (nSPS) is 12.3. The van der Waals surface area contributed by atoms with Gasteiger partial charge in [0.15, 0.2) is 0 Å². The Bertz CT molecular complexity index is 456. The van der Waals surface area contributed by atoms with Crippen molar-refractivity contribution in [2.24, 2.45) is 0 Å². The van der Waals surface area contributed by atoms with Gasteiger partial charge in [-0.1, -0.05) is 96.8 Å². The number of amides is 1. The topological polar surface area (TPSA) is 29.1 Å². The maximum Gasteiger partial charge on any atom is 0.220 e. The Hall–Kier alpha value is -0.610. The molecule has 0 aliphatic carbocycles. The summed E-state index contributed by atoms with van der Waals surface area (Å²) in [6, 6.07) is 0. The predicted octanol–water partition coefficient (Wildman–Crippen LogP) is 7.32. The molecule has 0 spiro atoms. The molecule has 0 aromatic rings. The van der Waals surface area contributed by atoms with E-state index in [0.717, 1.165) is 41.4 Å². The zero-order valence-electron chi connectivity index (χ0n) is 24.6. The lowest BCUT2D eigenvalue weighted by molar-refractivity contribution is -0.890. The summed E-state index contributed by atoms with van der Waals surface area (Å²) in [6.45, 7) is 6.55. The van der Waals surface area contributed by atoms with E-state index >= 15 is 0 Å². The predicted molar refractivity (Wildman–Crippen MR) is 151 cm³/mol. The van der Waals surface area contributed by atoms with Gasteiger partial charge in [-0.25, -0.2) is 0 Å². The smallest absolute Gasteiger partial charge is 0.220 e. The largest absolute Gasteiger partial charge is 0.356 e. The molecule has 0 aliphatic heterocycles. The zero-order valence-corrected chi connectivity index (χ0v) is 24.6. The van der Waals surface area contributed by atoms with Crippen LogP contribution in [0.4, 0.5) is 0 Å². The highest BCUT2D eigenvalue weighted by molar-refractivity contribution is 5.75. The number of hydrogen-bond donors (Lipinski definition) is 1. The molecule has 0 radical (unpaired) electrons. The van der Waals surface area contributed by atoms with E-state index in [9.17, 15) is 4.79 Å². The van der Waals surface area contributed by atoms with E-state index in [0.29, 0.717) is 6.42 Å². The molecule has 4 heteroatoms. The highest BCUT2D eigenvalue weighted by Gasteiger charge is 2.15. The van der Waals surface area contributed by atoms with Gasteiger partial charge in [-0.2, -0.15) is 0 Å². The van der Waals surface area contributed by atoms with Crippen molar-refractivity contribution in [3.63, 3.8) is 0 Å². The van der Waals surface area contributed by atoms with Gasteiger partial charge in [-0.05, 0) is 12.8 Å². The number of nitrogens with one attached hydrogen (secondary N) is 1. The van der Waals surface area contributed by atoms with Crippen molar-refractivity contribution in [2.75, 3.05) is 61.4 Å². The number of unbranched alkanes of at least 4 members (excludes halogenated alkanes) is 15. The Morgan fingerprint density at radius 3 is 1.38 bits per heavy atom. The Morgan fingerprint density at radius 2 is 0.941 bits per heavy atom. The molecule has 0 unspecified atom stereocenters. The lowest BCUT2D eigenvalue weighted by Crippen LogP contribution is -2.41. The van der Waals surface area contributed by atoms with E-state index in [1.165, 1.54) is 109 Å². The van der Waals surface area contributed by atoms with Crippen LogP contribution in [-0.2, 0) is 4.79 Å². The first-order valence-electron chi connectivity index (χ1n) is 15.1. The molecule has 0 saturated heterocycles. The molecule has 0 saturated carbocycles. The Kier molecular flexibility index (Phi) is 21.3. The fourth-order valence-corrected chi connectivity index (χ4v) is 4.74. The van der Waals surface area contributed by atoms with Crippen molar-refractivity contribution >= 4 is 5.91 Å². The van der Waals surface area contributed by atoms with Crippen LogP contribution in [0.5, 0.6) is 0 Å². The molecule has 204 valence electrons. The molecule has 0 heterocycles. The van der Waals surface area contributed by atoms with Gasteiger partial charge < -0.3 is 14.3 Å². The van der Waals surface area contributed by atoms with Crippen molar-refractivity contribution in [1.29, 1.82) is 0 Å². The van der Waals surface area contributed by atoms with Crippen molar-refractivity contribution in [2.45, 2.75) is 129 Å². The first-order chi connectivity index (χ1) is 16.2. The summed E-state index contributed by atoms with van der Waals surface area (Å²) < 4.78 is 2.01. The third-order valence-corrected chi connectivity index (χ3v) is 7.11. The van der Waals surface area contributed by atoms with E-state index in [2.05, 4.69) is 47.5 Å². The van der Waals surface area contributed by atoms with Crippen LogP contribution < -0.4 is 5.32 Å². The van der Waals surface area contributed by atoms with Crippen LogP contribution >= 0.6 is 0 Å². The van der Waals surface area contributed by atoms with E-state index < -0.39 is 0 Å². The number of hydrogen-bond acceptors (Lipinski definition) is 1. The van der Waals surface area contributed by atoms with E-state index in [-0.39, 0.29) is 5.91 Å². The zero-order chi connectivity index (χ0) is 25.5. The SMILES string of the molecule is CCCCCCCCCCCCCCCCCC[N+](C)(C)CCCC(=O)NCCC[N+](C)(C)C. The van der Waals surface area contributed by atoms with E-state index in [4.69, 9.17) is 0 Å². The van der Waals surface area contributed by atoms with Gasteiger partial charge in [-0.15, -0.1) is 0 Å². The molecule has 4 nitrogen and oxygen atoms in total. The number of carbonyl (C=O) groups excluding carboxylic acids is 1. The van der Waals surface area contributed by atoms with Crippen LogP contribution in [-0.4, -0.2) is 76.3 Å². The van der Waals surface area contributed by atoms with Crippen LogP contribution in [0.1, 0.15) is 129 Å². The second-order valence-corrected chi connectivity index (χ2v) is 12.5. The van der Waals surface area contributed by atoms with Crippen molar-refractivity contribution in [3.8, 4) is 0 Å². The van der Waals surface area contributed by atoms with E-state index in [1.54, 1.807) is 0 Å². The molecule has 0 rings (SSSR count). The number of rotatable bonds is 25. The lowest BCUT2D eigenvalue weighted by atomic mass is 10.0. The van der Waals surface area contributed by atoms with E-state index in [1.807, 2.05) is 0 Å². The molecule has 1 N–H and O–H groups in total. The summed E-state index contributed by atoms with van der Waals surface area (Å²) in [6.07, 6.45) is 25.5. The van der Waals surface area contributed by atoms with Gasteiger partial charge in [-0.3, -0.25) is 4.79 Å². The third-order valence-electron chi connectivity index (χ3n) is 7.11. The summed E-state index contributed by atoms with van der Waals surface area (Å²) in [5.41, 5.74) is 0. The standard InChI is InChI=1S/C30H64N3O/c1-7-8-9-10-11-12-13-14-15-16-17-18-19-20-21-22-28-33(5,6)29-23-25-30(34)31-26-24-27-32(2,3)4/h7-29H2,1-6H3/q+1/p+1. The van der Waals surface area contributed by atoms with Crippen molar-refractivity contribution < 1.29 is 13.8 Å². The maximum atomic E-state index is 12.0. The fraction of sp³-hybridized carbons (Fsp3) is 0.967. The Morgan fingerprint density at radius 1 is 0.529 bits per heavy atom. The maximum absolute atomic E-state index is 12.0.